The third-order valence-corrected chi connectivity index (χ3v) is 7.44. The van der Waals surface area contributed by atoms with Gasteiger partial charge >= 0.3 is 0 Å². The predicted octanol–water partition coefficient (Wildman–Crippen LogP) is 1.76. The summed E-state index contributed by atoms with van der Waals surface area (Å²) in [6.07, 6.45) is 5.06. The van der Waals surface area contributed by atoms with E-state index < -0.39 is 10.0 Å². The number of rotatable bonds is 7. The molecule has 0 aromatic heterocycles. The Morgan fingerprint density at radius 2 is 1.86 bits per heavy atom. The lowest BCUT2D eigenvalue weighted by atomic mass is 9.81. The normalized spacial score (nSPS) is 25.6. The number of hydrogen-bond acceptors (Lipinski definition) is 5. The summed E-state index contributed by atoms with van der Waals surface area (Å²) in [5.74, 6) is 1.02. The quantitative estimate of drug-likeness (QED) is 0.714. The number of sulfonamides is 1. The van der Waals surface area contributed by atoms with Gasteiger partial charge in [-0.25, -0.2) is 13.1 Å². The average Bonchev–Trinajstić information content (AvgIpc) is 3.21. The number of aliphatic hydroxyl groups is 1. The lowest BCUT2D eigenvalue weighted by Crippen LogP contribution is -2.42. The molecule has 1 heterocycles. The first-order valence-corrected chi connectivity index (χ1v) is 11.5. The maximum absolute atomic E-state index is 12.7. The van der Waals surface area contributed by atoms with E-state index in [1.807, 2.05) is 4.90 Å². The largest absolute Gasteiger partial charge is 0.497 e. The van der Waals surface area contributed by atoms with Gasteiger partial charge < -0.3 is 14.7 Å². The predicted molar refractivity (Wildman–Crippen MR) is 105 cm³/mol. The molecular formula is C20H30N2O5S. The average molecular weight is 411 g/mol. The second-order valence-corrected chi connectivity index (χ2v) is 9.52. The number of nitrogens with zero attached hydrogens (tertiary/aromatic N) is 1. The van der Waals surface area contributed by atoms with E-state index in [-0.39, 0.29) is 35.3 Å². The molecule has 0 radical (unpaired) electrons. The Bertz CT molecular complexity index is 757. The first-order chi connectivity index (χ1) is 13.4. The molecule has 1 aliphatic carbocycles. The molecule has 1 aromatic carbocycles. The molecule has 0 bridgehead atoms. The van der Waals surface area contributed by atoms with E-state index in [0.29, 0.717) is 12.3 Å². The summed E-state index contributed by atoms with van der Waals surface area (Å²) in [5, 5.41) is 9.43. The van der Waals surface area contributed by atoms with Crippen LogP contribution in [0.15, 0.2) is 29.2 Å². The van der Waals surface area contributed by atoms with Gasteiger partial charge in [0, 0.05) is 19.0 Å². The number of amides is 1. The number of benzene rings is 1. The number of methoxy groups -OCH3 is 1. The zero-order valence-corrected chi connectivity index (χ0v) is 17.2. The number of hydrogen-bond donors (Lipinski definition) is 2. The van der Waals surface area contributed by atoms with Gasteiger partial charge in [-0.3, -0.25) is 4.79 Å². The Hall–Kier alpha value is -1.64. The van der Waals surface area contributed by atoms with Gasteiger partial charge in [-0.1, -0.05) is 0 Å². The molecule has 1 aromatic rings. The minimum absolute atomic E-state index is 0.00148. The Labute approximate surface area is 167 Å². The van der Waals surface area contributed by atoms with Crippen molar-refractivity contribution in [3.05, 3.63) is 24.3 Å². The van der Waals surface area contributed by atoms with Gasteiger partial charge in [0.15, 0.2) is 0 Å². The zero-order valence-electron chi connectivity index (χ0n) is 16.3. The van der Waals surface area contributed by atoms with E-state index in [0.717, 1.165) is 45.1 Å². The van der Waals surface area contributed by atoms with Gasteiger partial charge in [-0.15, -0.1) is 0 Å². The van der Waals surface area contributed by atoms with Gasteiger partial charge in [-0.05, 0) is 68.7 Å². The van der Waals surface area contributed by atoms with Crippen LogP contribution in [-0.4, -0.2) is 57.2 Å². The molecule has 28 heavy (non-hydrogen) atoms. The van der Waals surface area contributed by atoms with Gasteiger partial charge in [0.05, 0.1) is 24.7 Å². The van der Waals surface area contributed by atoms with E-state index in [2.05, 4.69) is 4.72 Å². The first-order valence-electron chi connectivity index (χ1n) is 9.99. The number of ether oxygens (including phenoxy) is 1. The highest BCUT2D eigenvalue weighted by atomic mass is 32.2. The minimum Gasteiger partial charge on any atom is -0.497 e. The van der Waals surface area contributed by atoms with Crippen molar-refractivity contribution >= 4 is 15.9 Å². The van der Waals surface area contributed by atoms with Crippen LogP contribution in [0, 0.1) is 11.8 Å². The lowest BCUT2D eigenvalue weighted by molar-refractivity contribution is -0.138. The highest BCUT2D eigenvalue weighted by Gasteiger charge is 2.34. The maximum atomic E-state index is 12.7. The Kier molecular flexibility index (Phi) is 6.95. The van der Waals surface area contributed by atoms with Crippen LogP contribution >= 0.6 is 0 Å². The van der Waals surface area contributed by atoms with Crippen molar-refractivity contribution in [1.82, 2.24) is 9.62 Å². The van der Waals surface area contributed by atoms with Gasteiger partial charge in [-0.2, -0.15) is 0 Å². The fourth-order valence-corrected chi connectivity index (χ4v) is 5.35. The third-order valence-electron chi connectivity index (χ3n) is 6.00. The molecule has 2 aliphatic rings. The molecule has 1 atom stereocenters. The number of carbonyl (C=O) groups is 1. The molecule has 3 rings (SSSR count). The minimum atomic E-state index is -3.55. The highest BCUT2D eigenvalue weighted by molar-refractivity contribution is 7.89. The molecule has 0 spiro atoms. The van der Waals surface area contributed by atoms with Crippen molar-refractivity contribution in [1.29, 1.82) is 0 Å². The smallest absolute Gasteiger partial charge is 0.240 e. The van der Waals surface area contributed by atoms with Crippen molar-refractivity contribution < 1.29 is 23.1 Å². The first kappa shape index (κ1) is 21.1. The summed E-state index contributed by atoms with van der Waals surface area (Å²) >= 11 is 0. The Morgan fingerprint density at radius 1 is 1.18 bits per heavy atom. The van der Waals surface area contributed by atoms with Crippen LogP contribution < -0.4 is 9.46 Å². The van der Waals surface area contributed by atoms with Crippen LogP contribution in [-0.2, 0) is 14.8 Å². The highest BCUT2D eigenvalue weighted by Crippen LogP contribution is 2.32. The standard InChI is InChI=1S/C20H30N2O5S/c1-27-18-8-10-19(11-9-18)28(25,26)21-13-15-4-6-16(7-5-15)20(24)22-12-2-3-17(22)14-23/h8-11,15-17,21,23H,2-7,12-14H2,1H3/t15?,16?,17-/m0/s1. The molecule has 2 N–H and O–H groups in total. The number of likely N-dealkylation sites (tertiary alicyclic amines) is 1. The molecule has 0 unspecified atom stereocenters. The van der Waals surface area contributed by atoms with Gasteiger partial charge in [0.25, 0.3) is 0 Å². The zero-order chi connectivity index (χ0) is 20.1. The second kappa shape index (κ2) is 9.24. The summed E-state index contributed by atoms with van der Waals surface area (Å²) in [6.45, 7) is 1.16. The van der Waals surface area contributed by atoms with Crippen molar-refractivity contribution in [2.24, 2.45) is 11.8 Å². The van der Waals surface area contributed by atoms with Crippen molar-refractivity contribution in [3.8, 4) is 5.75 Å². The molecule has 156 valence electrons. The monoisotopic (exact) mass is 410 g/mol. The van der Waals surface area contributed by atoms with Crippen LogP contribution in [0.2, 0.25) is 0 Å². The number of nitrogens with one attached hydrogen (secondary N) is 1. The summed E-state index contributed by atoms with van der Waals surface area (Å²) in [6, 6.07) is 6.29. The van der Waals surface area contributed by atoms with E-state index >= 15 is 0 Å². The lowest BCUT2D eigenvalue weighted by Gasteiger charge is -2.32. The van der Waals surface area contributed by atoms with Crippen molar-refractivity contribution in [2.75, 3.05) is 26.8 Å². The Balaban J connectivity index is 1.48. The summed E-state index contributed by atoms with van der Waals surface area (Å²) < 4.78 is 32.7. The van der Waals surface area contributed by atoms with E-state index in [1.54, 1.807) is 12.1 Å². The van der Waals surface area contributed by atoms with Crippen LogP contribution in [0.1, 0.15) is 38.5 Å². The topological polar surface area (TPSA) is 95.9 Å². The van der Waals surface area contributed by atoms with Crippen molar-refractivity contribution in [2.45, 2.75) is 49.5 Å². The second-order valence-electron chi connectivity index (χ2n) is 7.76. The fourth-order valence-electron chi connectivity index (χ4n) is 4.23. The molecule has 1 saturated heterocycles. The molecule has 8 heteroatoms. The van der Waals surface area contributed by atoms with Crippen LogP contribution in [0.5, 0.6) is 5.75 Å². The van der Waals surface area contributed by atoms with E-state index in [1.165, 1.54) is 19.2 Å². The van der Waals surface area contributed by atoms with Crippen LogP contribution in [0.25, 0.3) is 0 Å². The third kappa shape index (κ3) is 4.85. The number of carbonyl (C=O) groups excluding carboxylic acids is 1. The summed E-state index contributed by atoms with van der Waals surface area (Å²) in [5.41, 5.74) is 0. The number of aliphatic hydroxyl groups excluding tert-OH is 1. The molecule has 1 aliphatic heterocycles. The molecule has 1 saturated carbocycles. The van der Waals surface area contributed by atoms with Crippen molar-refractivity contribution in [3.63, 3.8) is 0 Å². The van der Waals surface area contributed by atoms with E-state index in [4.69, 9.17) is 4.74 Å². The molecule has 2 fully saturated rings. The van der Waals surface area contributed by atoms with Gasteiger partial charge in [0.2, 0.25) is 15.9 Å². The molecular weight excluding hydrogens is 380 g/mol. The SMILES string of the molecule is COc1ccc(S(=O)(=O)NCC2CCC(C(=O)N3CCC[C@H]3CO)CC2)cc1. The van der Waals surface area contributed by atoms with Crippen LogP contribution in [0.3, 0.4) is 0 Å². The Morgan fingerprint density at radius 3 is 2.46 bits per heavy atom. The summed E-state index contributed by atoms with van der Waals surface area (Å²) in [4.78, 5) is 14.8. The molecule has 7 nitrogen and oxygen atoms in total. The van der Waals surface area contributed by atoms with E-state index in [9.17, 15) is 18.3 Å². The van der Waals surface area contributed by atoms with Gasteiger partial charge in [0.1, 0.15) is 5.75 Å². The van der Waals surface area contributed by atoms with Crippen LogP contribution in [0.4, 0.5) is 0 Å². The summed E-state index contributed by atoms with van der Waals surface area (Å²) in [7, 11) is -2.01. The fraction of sp³-hybridized carbons (Fsp3) is 0.650. The maximum Gasteiger partial charge on any atom is 0.240 e. The molecule has 1 amide bonds.